The topological polar surface area (TPSA) is 46.3 Å². The predicted octanol–water partition coefficient (Wildman–Crippen LogP) is 3.47. The molecule has 0 aromatic heterocycles. The average molecular weight is 292 g/mol. The van der Waals surface area contributed by atoms with Crippen molar-refractivity contribution >= 4 is 5.91 Å². The van der Waals surface area contributed by atoms with Gasteiger partial charge in [0, 0.05) is 24.5 Å². The van der Waals surface area contributed by atoms with Crippen LogP contribution in [0, 0.1) is 11.8 Å². The van der Waals surface area contributed by atoms with Gasteiger partial charge in [-0.05, 0) is 44.4 Å². The number of carbonyl (C=O) groups is 1. The zero-order valence-corrected chi connectivity index (χ0v) is 13.4. The van der Waals surface area contributed by atoms with Crippen LogP contribution in [-0.4, -0.2) is 29.4 Å². The van der Waals surface area contributed by atoms with Gasteiger partial charge in [-0.15, -0.1) is 0 Å². The molecule has 3 fully saturated rings. The van der Waals surface area contributed by atoms with E-state index in [-0.39, 0.29) is 12.0 Å². The summed E-state index contributed by atoms with van der Waals surface area (Å²) in [6.45, 7) is 1.00. The van der Waals surface area contributed by atoms with E-state index < -0.39 is 0 Å². The highest BCUT2D eigenvalue weighted by molar-refractivity contribution is 5.79. The molecular weight excluding hydrogens is 260 g/mol. The number of carbonyl (C=O) groups excluding carboxylic acids is 1. The number of nitrogens with two attached hydrogens (primary N) is 1. The van der Waals surface area contributed by atoms with Crippen molar-refractivity contribution in [1.82, 2.24) is 4.90 Å². The van der Waals surface area contributed by atoms with Crippen molar-refractivity contribution in [2.24, 2.45) is 17.6 Å². The van der Waals surface area contributed by atoms with Crippen molar-refractivity contribution in [2.75, 3.05) is 6.54 Å². The lowest BCUT2D eigenvalue weighted by Gasteiger charge is -2.34. The van der Waals surface area contributed by atoms with Crippen LogP contribution in [0.2, 0.25) is 0 Å². The Kier molecular flexibility index (Phi) is 5.20. The molecule has 1 aliphatic heterocycles. The molecule has 0 radical (unpaired) electrons. The number of amides is 1. The normalized spacial score (nSPS) is 35.1. The van der Waals surface area contributed by atoms with Gasteiger partial charge in [-0.2, -0.15) is 0 Å². The Labute approximate surface area is 129 Å². The summed E-state index contributed by atoms with van der Waals surface area (Å²) in [6.07, 6.45) is 15.0. The first kappa shape index (κ1) is 15.3. The second kappa shape index (κ2) is 7.13. The molecule has 3 rings (SSSR count). The number of likely N-dealkylation sites (tertiary alicyclic amines) is 1. The van der Waals surface area contributed by atoms with Gasteiger partial charge in [0.2, 0.25) is 5.91 Å². The minimum Gasteiger partial charge on any atom is -0.339 e. The van der Waals surface area contributed by atoms with E-state index in [4.69, 9.17) is 5.73 Å². The molecule has 0 spiro atoms. The summed E-state index contributed by atoms with van der Waals surface area (Å²) in [5, 5.41) is 0. The number of rotatable bonds is 3. The van der Waals surface area contributed by atoms with Crippen LogP contribution in [0.4, 0.5) is 0 Å². The van der Waals surface area contributed by atoms with E-state index in [0.717, 1.165) is 38.1 Å². The molecule has 3 nitrogen and oxygen atoms in total. The fraction of sp³-hybridized carbons (Fsp3) is 0.944. The van der Waals surface area contributed by atoms with Gasteiger partial charge in [-0.1, -0.05) is 38.5 Å². The molecule has 0 aromatic rings. The lowest BCUT2D eigenvalue weighted by molar-refractivity contribution is -0.137. The van der Waals surface area contributed by atoms with Gasteiger partial charge >= 0.3 is 0 Å². The lowest BCUT2D eigenvalue weighted by atomic mass is 9.83. The lowest BCUT2D eigenvalue weighted by Crippen LogP contribution is -2.43. The van der Waals surface area contributed by atoms with E-state index in [2.05, 4.69) is 4.90 Å². The molecule has 21 heavy (non-hydrogen) atoms. The average Bonchev–Trinajstić information content (AvgIpc) is 2.95. The van der Waals surface area contributed by atoms with Gasteiger partial charge in [0.15, 0.2) is 0 Å². The van der Waals surface area contributed by atoms with Crippen LogP contribution >= 0.6 is 0 Å². The van der Waals surface area contributed by atoms with E-state index in [1.165, 1.54) is 51.4 Å². The van der Waals surface area contributed by atoms with Crippen LogP contribution in [0.15, 0.2) is 0 Å². The second-order valence-electron chi connectivity index (χ2n) is 7.69. The van der Waals surface area contributed by atoms with E-state index in [9.17, 15) is 4.79 Å². The first-order valence-corrected chi connectivity index (χ1v) is 9.30. The predicted molar refractivity (Wildman–Crippen MR) is 85.9 cm³/mol. The fourth-order valence-electron chi connectivity index (χ4n) is 4.86. The van der Waals surface area contributed by atoms with Gasteiger partial charge in [0.25, 0.3) is 0 Å². The third-order valence-corrected chi connectivity index (χ3v) is 6.05. The highest BCUT2D eigenvalue weighted by atomic mass is 16.2. The van der Waals surface area contributed by atoms with Crippen molar-refractivity contribution in [1.29, 1.82) is 0 Å². The Morgan fingerprint density at radius 3 is 2.52 bits per heavy atom. The highest BCUT2D eigenvalue weighted by Crippen LogP contribution is 2.34. The number of hydrogen-bond donors (Lipinski definition) is 1. The van der Waals surface area contributed by atoms with Crippen molar-refractivity contribution in [3.05, 3.63) is 0 Å². The number of hydrogen-bond acceptors (Lipinski definition) is 2. The molecule has 3 atom stereocenters. The van der Waals surface area contributed by atoms with Gasteiger partial charge in [0.05, 0.1) is 0 Å². The molecule has 3 heteroatoms. The Balaban J connectivity index is 1.56. The molecular formula is C18H32N2O. The largest absolute Gasteiger partial charge is 0.339 e. The first-order chi connectivity index (χ1) is 10.2. The highest BCUT2D eigenvalue weighted by Gasteiger charge is 2.35. The first-order valence-electron chi connectivity index (χ1n) is 9.30. The molecule has 0 aromatic carbocycles. The van der Waals surface area contributed by atoms with E-state index in [0.29, 0.717) is 11.9 Å². The van der Waals surface area contributed by atoms with Crippen LogP contribution in [0.25, 0.3) is 0 Å². The van der Waals surface area contributed by atoms with Gasteiger partial charge in [-0.3, -0.25) is 4.79 Å². The van der Waals surface area contributed by atoms with Crippen LogP contribution in [0.1, 0.15) is 77.0 Å². The zero-order chi connectivity index (χ0) is 14.7. The van der Waals surface area contributed by atoms with Crippen LogP contribution in [0.5, 0.6) is 0 Å². The smallest absolute Gasteiger partial charge is 0.225 e. The van der Waals surface area contributed by atoms with Crippen LogP contribution in [-0.2, 0) is 4.79 Å². The van der Waals surface area contributed by atoms with Crippen molar-refractivity contribution in [2.45, 2.75) is 89.1 Å². The van der Waals surface area contributed by atoms with Crippen molar-refractivity contribution in [3.63, 3.8) is 0 Å². The maximum absolute atomic E-state index is 12.9. The molecule has 2 aliphatic carbocycles. The molecule has 2 saturated carbocycles. The zero-order valence-electron chi connectivity index (χ0n) is 13.4. The van der Waals surface area contributed by atoms with Crippen LogP contribution in [0.3, 0.4) is 0 Å². The summed E-state index contributed by atoms with van der Waals surface area (Å²) in [4.78, 5) is 15.1. The van der Waals surface area contributed by atoms with Crippen molar-refractivity contribution in [3.8, 4) is 0 Å². The Morgan fingerprint density at radius 2 is 1.76 bits per heavy atom. The molecule has 1 heterocycles. The van der Waals surface area contributed by atoms with Gasteiger partial charge in [0.1, 0.15) is 0 Å². The van der Waals surface area contributed by atoms with E-state index >= 15 is 0 Å². The molecule has 120 valence electrons. The number of nitrogens with zero attached hydrogens (tertiary/aromatic N) is 1. The fourth-order valence-corrected chi connectivity index (χ4v) is 4.86. The Morgan fingerprint density at radius 1 is 0.952 bits per heavy atom. The summed E-state index contributed by atoms with van der Waals surface area (Å²) in [5.41, 5.74) is 6.07. The molecule has 0 bridgehead atoms. The van der Waals surface area contributed by atoms with E-state index in [1.807, 2.05) is 0 Å². The minimum atomic E-state index is 0.223. The van der Waals surface area contributed by atoms with Crippen LogP contribution < -0.4 is 5.73 Å². The standard InChI is InChI=1S/C18H32N2O/c19-16-9-4-8-15(13-16)18(21)20-11-5-10-17(20)12-14-6-2-1-3-7-14/h14-17H,1-13,19H2. The molecule has 1 saturated heterocycles. The van der Waals surface area contributed by atoms with Gasteiger partial charge in [-0.25, -0.2) is 0 Å². The van der Waals surface area contributed by atoms with Gasteiger partial charge < -0.3 is 10.6 Å². The Hall–Kier alpha value is -0.570. The minimum absolute atomic E-state index is 0.223. The maximum Gasteiger partial charge on any atom is 0.225 e. The summed E-state index contributed by atoms with van der Waals surface area (Å²) >= 11 is 0. The third kappa shape index (κ3) is 3.80. The summed E-state index contributed by atoms with van der Waals surface area (Å²) in [5.74, 6) is 1.54. The van der Waals surface area contributed by atoms with Crippen molar-refractivity contribution < 1.29 is 4.79 Å². The molecule has 3 unspecified atom stereocenters. The third-order valence-electron chi connectivity index (χ3n) is 6.05. The quantitative estimate of drug-likeness (QED) is 0.866. The molecule has 2 N–H and O–H groups in total. The summed E-state index contributed by atoms with van der Waals surface area (Å²) in [7, 11) is 0. The monoisotopic (exact) mass is 292 g/mol. The summed E-state index contributed by atoms with van der Waals surface area (Å²) in [6, 6.07) is 0.797. The molecule has 3 aliphatic rings. The maximum atomic E-state index is 12.9. The summed E-state index contributed by atoms with van der Waals surface area (Å²) < 4.78 is 0. The Bertz CT molecular complexity index is 351. The molecule has 1 amide bonds. The second-order valence-corrected chi connectivity index (χ2v) is 7.69. The van der Waals surface area contributed by atoms with E-state index in [1.54, 1.807) is 0 Å². The SMILES string of the molecule is NC1CCCC(C(=O)N2CCCC2CC2CCCCC2)C1.